The Kier molecular flexibility index (Phi) is 6.09. The summed E-state index contributed by atoms with van der Waals surface area (Å²) in [5, 5.41) is 16.0. The molecule has 3 aromatic carbocycles. The molecule has 0 amide bonds. The number of thiazole rings is 1. The fourth-order valence-corrected chi connectivity index (χ4v) is 3.61. The van der Waals surface area contributed by atoms with Crippen molar-refractivity contribution in [3.05, 3.63) is 100 Å². The molecule has 0 spiro atoms. The fourth-order valence-electron chi connectivity index (χ4n) is 2.69. The van der Waals surface area contributed by atoms with Gasteiger partial charge in [-0.3, -0.25) is 0 Å². The van der Waals surface area contributed by atoms with Crippen molar-refractivity contribution in [3.8, 4) is 28.8 Å². The van der Waals surface area contributed by atoms with Gasteiger partial charge < -0.3 is 10.1 Å². The maximum absolute atomic E-state index is 9.55. The van der Waals surface area contributed by atoms with Crippen molar-refractivity contribution in [1.82, 2.24) is 4.98 Å². The maximum Gasteiger partial charge on any atom is 0.136 e. The number of nitrogens with zero attached hydrogens (tertiary/aromatic N) is 2. The summed E-state index contributed by atoms with van der Waals surface area (Å²) in [5.74, 6) is 1.52. The van der Waals surface area contributed by atoms with Gasteiger partial charge in [-0.2, -0.15) is 5.26 Å². The highest BCUT2D eigenvalue weighted by Gasteiger charge is 2.09. The van der Waals surface area contributed by atoms with E-state index in [0.29, 0.717) is 15.6 Å². The van der Waals surface area contributed by atoms with E-state index in [2.05, 4.69) is 16.4 Å². The van der Waals surface area contributed by atoms with Crippen LogP contribution in [0.4, 0.5) is 5.69 Å². The van der Waals surface area contributed by atoms with Gasteiger partial charge in [-0.05, 0) is 48.5 Å². The zero-order valence-corrected chi connectivity index (χ0v) is 17.3. The summed E-state index contributed by atoms with van der Waals surface area (Å²) in [7, 11) is 0. The normalized spacial score (nSPS) is 11.0. The van der Waals surface area contributed by atoms with E-state index >= 15 is 0 Å². The quantitative estimate of drug-likeness (QED) is 0.328. The number of para-hydroxylation sites is 1. The monoisotopic (exact) mass is 429 g/mol. The number of nitrogens with one attached hydrogen (secondary N) is 1. The molecule has 0 aliphatic heterocycles. The topological polar surface area (TPSA) is 57.9 Å². The van der Waals surface area contributed by atoms with Gasteiger partial charge in [-0.25, -0.2) is 4.98 Å². The Balaban J connectivity index is 1.45. The van der Waals surface area contributed by atoms with E-state index in [9.17, 15) is 5.26 Å². The van der Waals surface area contributed by atoms with E-state index in [1.807, 2.05) is 84.2 Å². The first kappa shape index (κ1) is 19.7. The van der Waals surface area contributed by atoms with Crippen LogP contribution in [0.25, 0.3) is 16.8 Å². The smallest absolute Gasteiger partial charge is 0.136 e. The Morgan fingerprint density at radius 1 is 0.967 bits per heavy atom. The molecule has 4 nitrogen and oxygen atoms in total. The number of benzene rings is 3. The number of allylic oxidation sites excluding steroid dienone is 1. The number of anilines is 1. The predicted molar refractivity (Wildman–Crippen MR) is 123 cm³/mol. The molecular formula is C24H16ClN3OS. The van der Waals surface area contributed by atoms with Gasteiger partial charge in [0.2, 0.25) is 0 Å². The lowest BCUT2D eigenvalue weighted by atomic mass is 10.2. The Bertz CT molecular complexity index is 1190. The van der Waals surface area contributed by atoms with Gasteiger partial charge in [0.05, 0.1) is 5.69 Å². The third-order valence-electron chi connectivity index (χ3n) is 4.21. The van der Waals surface area contributed by atoms with Gasteiger partial charge in [0.25, 0.3) is 0 Å². The molecule has 4 aromatic rings. The standard InChI is InChI=1S/C24H16ClN3OS/c25-19-8-6-17(7-9-19)23-16-30-24(28-23)18(14-26)15-27-20-10-12-22(13-11-20)29-21-4-2-1-3-5-21/h1-13,15-16,27H. The molecule has 0 atom stereocenters. The molecule has 0 radical (unpaired) electrons. The number of hydrogen-bond donors (Lipinski definition) is 1. The van der Waals surface area contributed by atoms with Crippen LogP contribution in [-0.4, -0.2) is 4.98 Å². The van der Waals surface area contributed by atoms with Crippen LogP contribution in [0, 0.1) is 11.3 Å². The van der Waals surface area contributed by atoms with Crippen molar-refractivity contribution >= 4 is 34.2 Å². The first-order chi connectivity index (χ1) is 14.7. The second kappa shape index (κ2) is 9.27. The molecule has 1 N–H and O–H groups in total. The highest BCUT2D eigenvalue weighted by molar-refractivity contribution is 7.11. The first-order valence-electron chi connectivity index (χ1n) is 9.13. The molecule has 4 rings (SSSR count). The van der Waals surface area contributed by atoms with Crippen LogP contribution >= 0.6 is 22.9 Å². The summed E-state index contributed by atoms with van der Waals surface area (Å²) in [6, 6.07) is 26.8. The Labute approximate surface area is 183 Å². The molecule has 0 aliphatic rings. The number of nitriles is 1. The minimum absolute atomic E-state index is 0.463. The molecule has 0 unspecified atom stereocenters. The Hall–Kier alpha value is -3.59. The summed E-state index contributed by atoms with van der Waals surface area (Å²) in [4.78, 5) is 4.58. The molecule has 0 fully saturated rings. The van der Waals surface area contributed by atoms with Gasteiger partial charge in [0, 0.05) is 27.9 Å². The number of hydrogen-bond acceptors (Lipinski definition) is 5. The molecule has 1 aromatic heterocycles. The van der Waals surface area contributed by atoms with E-state index in [0.717, 1.165) is 28.4 Å². The van der Waals surface area contributed by atoms with Crippen LogP contribution < -0.4 is 10.1 Å². The SMILES string of the molecule is N#CC(=CNc1ccc(Oc2ccccc2)cc1)c1nc(-c2ccc(Cl)cc2)cs1. The van der Waals surface area contributed by atoms with E-state index in [-0.39, 0.29) is 0 Å². The Morgan fingerprint density at radius 2 is 1.67 bits per heavy atom. The second-order valence-corrected chi connectivity index (χ2v) is 7.59. The van der Waals surface area contributed by atoms with Crippen LogP contribution in [0.3, 0.4) is 0 Å². The zero-order valence-electron chi connectivity index (χ0n) is 15.7. The van der Waals surface area contributed by atoms with Gasteiger partial charge >= 0.3 is 0 Å². The number of aromatic nitrogens is 1. The van der Waals surface area contributed by atoms with E-state index < -0.39 is 0 Å². The highest BCUT2D eigenvalue weighted by atomic mass is 35.5. The van der Waals surface area contributed by atoms with Crippen molar-refractivity contribution in [2.45, 2.75) is 0 Å². The number of halogens is 1. The zero-order chi connectivity index (χ0) is 20.8. The lowest BCUT2D eigenvalue weighted by Crippen LogP contribution is -1.91. The van der Waals surface area contributed by atoms with Gasteiger partial charge in [0.1, 0.15) is 28.1 Å². The van der Waals surface area contributed by atoms with Crippen molar-refractivity contribution in [2.24, 2.45) is 0 Å². The minimum Gasteiger partial charge on any atom is -0.457 e. The molecule has 6 heteroatoms. The number of rotatable bonds is 6. The molecular weight excluding hydrogens is 414 g/mol. The highest BCUT2D eigenvalue weighted by Crippen LogP contribution is 2.27. The third-order valence-corrected chi connectivity index (χ3v) is 5.34. The molecule has 0 saturated carbocycles. The minimum atomic E-state index is 0.463. The summed E-state index contributed by atoms with van der Waals surface area (Å²) in [6.07, 6.45) is 1.66. The summed E-state index contributed by atoms with van der Waals surface area (Å²) >= 11 is 7.37. The lowest BCUT2D eigenvalue weighted by molar-refractivity contribution is 0.483. The summed E-state index contributed by atoms with van der Waals surface area (Å²) in [6.45, 7) is 0. The molecule has 30 heavy (non-hydrogen) atoms. The van der Waals surface area contributed by atoms with Crippen molar-refractivity contribution in [2.75, 3.05) is 5.32 Å². The average molecular weight is 430 g/mol. The van der Waals surface area contributed by atoms with Gasteiger partial charge in [0.15, 0.2) is 0 Å². The van der Waals surface area contributed by atoms with Crippen molar-refractivity contribution in [3.63, 3.8) is 0 Å². The van der Waals surface area contributed by atoms with Gasteiger partial charge in [-0.15, -0.1) is 11.3 Å². The fraction of sp³-hybridized carbons (Fsp3) is 0. The molecule has 0 bridgehead atoms. The Morgan fingerprint density at radius 3 is 2.37 bits per heavy atom. The molecule has 0 saturated heterocycles. The molecule has 0 aliphatic carbocycles. The van der Waals surface area contributed by atoms with E-state index in [4.69, 9.17) is 16.3 Å². The molecule has 146 valence electrons. The van der Waals surface area contributed by atoms with Crippen LogP contribution in [0.1, 0.15) is 5.01 Å². The number of ether oxygens (including phenoxy) is 1. The summed E-state index contributed by atoms with van der Waals surface area (Å²) in [5.41, 5.74) is 3.08. The van der Waals surface area contributed by atoms with Crippen molar-refractivity contribution < 1.29 is 4.74 Å². The average Bonchev–Trinajstić information content (AvgIpc) is 3.27. The van der Waals surface area contributed by atoms with Crippen LogP contribution in [0.5, 0.6) is 11.5 Å². The van der Waals surface area contributed by atoms with Crippen LogP contribution in [0.15, 0.2) is 90.4 Å². The van der Waals surface area contributed by atoms with E-state index in [1.54, 1.807) is 6.20 Å². The van der Waals surface area contributed by atoms with E-state index in [1.165, 1.54) is 11.3 Å². The third kappa shape index (κ3) is 4.87. The van der Waals surface area contributed by atoms with Crippen LogP contribution in [-0.2, 0) is 0 Å². The largest absolute Gasteiger partial charge is 0.457 e. The second-order valence-electron chi connectivity index (χ2n) is 6.30. The van der Waals surface area contributed by atoms with Gasteiger partial charge in [-0.1, -0.05) is 41.9 Å². The van der Waals surface area contributed by atoms with Crippen molar-refractivity contribution in [1.29, 1.82) is 5.26 Å². The lowest BCUT2D eigenvalue weighted by Gasteiger charge is -2.07. The summed E-state index contributed by atoms with van der Waals surface area (Å²) < 4.78 is 5.79. The predicted octanol–water partition coefficient (Wildman–Crippen LogP) is 7.23. The molecule has 1 heterocycles. The first-order valence-corrected chi connectivity index (χ1v) is 10.4. The maximum atomic E-state index is 9.55. The van der Waals surface area contributed by atoms with Crippen LogP contribution in [0.2, 0.25) is 5.02 Å².